The minimum Gasteiger partial charge on any atom is -0.307 e. The minimum atomic E-state index is 0.105. The molecule has 0 aliphatic heterocycles. The second-order valence-corrected chi connectivity index (χ2v) is 8.45. The van der Waals surface area contributed by atoms with E-state index in [1.807, 2.05) is 18.3 Å². The number of hydrogen-bond donors (Lipinski definition) is 1. The Kier molecular flexibility index (Phi) is 5.17. The highest BCUT2D eigenvalue weighted by Crippen LogP contribution is 2.31. The van der Waals surface area contributed by atoms with Crippen LogP contribution in [0.25, 0.3) is 10.7 Å². The maximum atomic E-state index is 4.81. The molecule has 2 aromatic rings. The van der Waals surface area contributed by atoms with Crippen LogP contribution in [0.2, 0.25) is 0 Å². The molecule has 3 nitrogen and oxygen atoms in total. The van der Waals surface area contributed by atoms with Crippen LogP contribution >= 0.6 is 27.3 Å². The summed E-state index contributed by atoms with van der Waals surface area (Å²) in [6.45, 7) is 11.8. The third kappa shape index (κ3) is 4.59. The molecule has 114 valence electrons. The molecule has 0 saturated heterocycles. The van der Waals surface area contributed by atoms with E-state index in [4.69, 9.17) is 4.98 Å². The quantitative estimate of drug-likeness (QED) is 0.827. The van der Waals surface area contributed by atoms with Gasteiger partial charge in [0.05, 0.1) is 11.4 Å². The van der Waals surface area contributed by atoms with Crippen LogP contribution in [-0.2, 0) is 6.54 Å². The molecule has 2 rings (SSSR count). The lowest BCUT2D eigenvalue weighted by Crippen LogP contribution is -2.35. The first-order valence-electron chi connectivity index (χ1n) is 7.13. The van der Waals surface area contributed by atoms with Crippen molar-refractivity contribution < 1.29 is 0 Å². The van der Waals surface area contributed by atoms with Gasteiger partial charge in [0.1, 0.15) is 5.01 Å². The van der Waals surface area contributed by atoms with Gasteiger partial charge in [-0.25, -0.2) is 4.98 Å². The lowest BCUT2D eigenvalue weighted by molar-refractivity contribution is 0.425. The Morgan fingerprint density at radius 3 is 2.52 bits per heavy atom. The van der Waals surface area contributed by atoms with Gasteiger partial charge < -0.3 is 5.32 Å². The fourth-order valence-electron chi connectivity index (χ4n) is 1.90. The van der Waals surface area contributed by atoms with Crippen molar-refractivity contribution in [3.63, 3.8) is 0 Å². The van der Waals surface area contributed by atoms with E-state index >= 15 is 0 Å². The average Bonchev–Trinajstić information content (AvgIpc) is 2.81. The van der Waals surface area contributed by atoms with Crippen molar-refractivity contribution in [1.29, 1.82) is 0 Å². The van der Waals surface area contributed by atoms with Gasteiger partial charge in [-0.2, -0.15) is 0 Å². The summed E-state index contributed by atoms with van der Waals surface area (Å²) in [6.07, 6.45) is 1.82. The number of nitrogens with one attached hydrogen (secondary N) is 1. The summed E-state index contributed by atoms with van der Waals surface area (Å²) in [5.74, 6) is 0.419. The van der Waals surface area contributed by atoms with Gasteiger partial charge in [-0.15, -0.1) is 11.3 Å². The molecule has 2 heterocycles. The summed E-state index contributed by atoms with van der Waals surface area (Å²) in [5, 5.41) is 4.55. The van der Waals surface area contributed by atoms with Gasteiger partial charge in [0, 0.05) is 27.6 Å². The van der Waals surface area contributed by atoms with E-state index in [9.17, 15) is 0 Å². The predicted octanol–water partition coefficient (Wildman–Crippen LogP) is 4.98. The van der Waals surface area contributed by atoms with Crippen LogP contribution in [-0.4, -0.2) is 15.5 Å². The molecule has 1 N–H and O–H groups in total. The fraction of sp³-hybridized carbons (Fsp3) is 0.500. The minimum absolute atomic E-state index is 0.105. The van der Waals surface area contributed by atoms with Crippen molar-refractivity contribution in [1.82, 2.24) is 15.3 Å². The molecule has 0 amide bonds. The average molecular weight is 368 g/mol. The normalized spacial score (nSPS) is 12.1. The molecule has 0 bridgehead atoms. The molecule has 0 saturated carbocycles. The number of aromatic nitrogens is 2. The molecule has 0 fully saturated rings. The third-order valence-electron chi connectivity index (χ3n) is 3.00. The predicted molar refractivity (Wildman–Crippen MR) is 93.7 cm³/mol. The zero-order valence-corrected chi connectivity index (χ0v) is 15.6. The van der Waals surface area contributed by atoms with Crippen LogP contribution in [0.3, 0.4) is 0 Å². The van der Waals surface area contributed by atoms with Crippen molar-refractivity contribution in [2.24, 2.45) is 0 Å². The fourth-order valence-corrected chi connectivity index (χ4v) is 3.27. The molecule has 5 heteroatoms. The van der Waals surface area contributed by atoms with E-state index in [2.05, 4.69) is 60.8 Å². The smallest absolute Gasteiger partial charge is 0.142 e. The molecule has 0 atom stereocenters. The third-order valence-corrected chi connectivity index (χ3v) is 4.56. The Morgan fingerprint density at radius 2 is 2.00 bits per heavy atom. The van der Waals surface area contributed by atoms with Crippen molar-refractivity contribution in [3.05, 3.63) is 33.4 Å². The summed E-state index contributed by atoms with van der Waals surface area (Å²) in [4.78, 5) is 10.6. The SMILES string of the molecule is CC(C)c1nc(-c2ccc(Br)cn2)sc1CNC(C)(C)C. The Hall–Kier alpha value is -0.780. The maximum absolute atomic E-state index is 4.81. The number of halogens is 1. The van der Waals surface area contributed by atoms with Crippen molar-refractivity contribution in [2.75, 3.05) is 0 Å². The number of nitrogens with zero attached hydrogens (tertiary/aromatic N) is 2. The van der Waals surface area contributed by atoms with Crippen LogP contribution in [0.5, 0.6) is 0 Å². The number of thiazole rings is 1. The number of rotatable bonds is 4. The van der Waals surface area contributed by atoms with Crippen LogP contribution in [0.1, 0.15) is 51.1 Å². The molecule has 21 heavy (non-hydrogen) atoms. The van der Waals surface area contributed by atoms with Gasteiger partial charge >= 0.3 is 0 Å². The number of hydrogen-bond acceptors (Lipinski definition) is 4. The Morgan fingerprint density at radius 1 is 1.29 bits per heavy atom. The van der Waals surface area contributed by atoms with Crippen molar-refractivity contribution >= 4 is 27.3 Å². The van der Waals surface area contributed by atoms with E-state index in [0.717, 1.165) is 21.7 Å². The number of pyridine rings is 1. The first-order chi connectivity index (χ1) is 9.76. The van der Waals surface area contributed by atoms with Gasteiger partial charge in [0.15, 0.2) is 0 Å². The maximum Gasteiger partial charge on any atom is 0.142 e. The summed E-state index contributed by atoms with van der Waals surface area (Å²) in [6, 6.07) is 4.01. The molecule has 2 aromatic heterocycles. The first kappa shape index (κ1) is 16.6. The van der Waals surface area contributed by atoms with Gasteiger partial charge in [-0.05, 0) is 54.8 Å². The molecule has 0 spiro atoms. The van der Waals surface area contributed by atoms with Crippen LogP contribution in [0, 0.1) is 0 Å². The monoisotopic (exact) mass is 367 g/mol. The molecular formula is C16H22BrN3S. The molecule has 0 unspecified atom stereocenters. The molecule has 0 aliphatic rings. The Labute approximate surface area is 139 Å². The summed E-state index contributed by atoms with van der Waals surface area (Å²) >= 11 is 5.15. The van der Waals surface area contributed by atoms with Gasteiger partial charge in [-0.3, -0.25) is 4.98 Å². The second-order valence-electron chi connectivity index (χ2n) is 6.45. The lowest BCUT2D eigenvalue weighted by Gasteiger charge is -2.20. The zero-order valence-electron chi connectivity index (χ0n) is 13.2. The van der Waals surface area contributed by atoms with Crippen molar-refractivity contribution in [3.8, 4) is 10.7 Å². The van der Waals surface area contributed by atoms with E-state index in [0.29, 0.717) is 5.92 Å². The molecular weight excluding hydrogens is 346 g/mol. The van der Waals surface area contributed by atoms with Crippen LogP contribution in [0.15, 0.2) is 22.8 Å². The molecule has 0 aliphatic carbocycles. The summed E-state index contributed by atoms with van der Waals surface area (Å²) in [7, 11) is 0. The van der Waals surface area contributed by atoms with Crippen molar-refractivity contribution in [2.45, 2.75) is 52.6 Å². The highest BCUT2D eigenvalue weighted by Gasteiger charge is 2.18. The summed E-state index contributed by atoms with van der Waals surface area (Å²) < 4.78 is 0.988. The van der Waals surface area contributed by atoms with E-state index in [-0.39, 0.29) is 5.54 Å². The standard InChI is InChI=1S/C16H22BrN3S/c1-10(2)14-13(9-19-16(3,4)5)21-15(20-14)12-7-6-11(17)8-18-12/h6-8,10,19H,9H2,1-5H3. The zero-order chi connectivity index (χ0) is 15.6. The Bertz CT molecular complexity index is 597. The second kappa shape index (κ2) is 6.55. The first-order valence-corrected chi connectivity index (χ1v) is 8.74. The van der Waals surface area contributed by atoms with E-state index < -0.39 is 0 Å². The highest BCUT2D eigenvalue weighted by atomic mass is 79.9. The van der Waals surface area contributed by atoms with Gasteiger partial charge in [-0.1, -0.05) is 13.8 Å². The lowest BCUT2D eigenvalue weighted by atomic mass is 10.1. The van der Waals surface area contributed by atoms with Gasteiger partial charge in [0.25, 0.3) is 0 Å². The molecule has 0 aromatic carbocycles. The van der Waals surface area contributed by atoms with E-state index in [1.54, 1.807) is 11.3 Å². The van der Waals surface area contributed by atoms with Crippen LogP contribution < -0.4 is 5.32 Å². The molecule has 0 radical (unpaired) electrons. The Balaban J connectivity index is 2.30. The van der Waals surface area contributed by atoms with E-state index in [1.165, 1.54) is 10.6 Å². The van der Waals surface area contributed by atoms with Gasteiger partial charge in [0.2, 0.25) is 0 Å². The summed E-state index contributed by atoms with van der Waals surface area (Å²) in [5.41, 5.74) is 2.22. The topological polar surface area (TPSA) is 37.8 Å². The van der Waals surface area contributed by atoms with Crippen LogP contribution in [0.4, 0.5) is 0 Å². The largest absolute Gasteiger partial charge is 0.307 e. The highest BCUT2D eigenvalue weighted by molar-refractivity contribution is 9.10.